The number of aromatic carboxylic acids is 1. The first kappa shape index (κ1) is 28.6. The summed E-state index contributed by atoms with van der Waals surface area (Å²) in [7, 11) is 4.38. The highest BCUT2D eigenvalue weighted by Crippen LogP contribution is 2.35. The number of aliphatic carboxylic acids is 1. The van der Waals surface area contributed by atoms with Crippen LogP contribution in [0, 0.1) is 0 Å². The van der Waals surface area contributed by atoms with Crippen molar-refractivity contribution in [1.82, 2.24) is 0 Å². The van der Waals surface area contributed by atoms with Gasteiger partial charge in [0.15, 0.2) is 23.0 Å². The number of carboxylic acid groups (broad SMARTS) is 2. The molecule has 0 heterocycles. The smallest absolute Gasteiger partial charge is 0.335 e. The van der Waals surface area contributed by atoms with E-state index in [2.05, 4.69) is 48.5 Å². The molecular weight excluding hydrogens is 500 g/mol. The average Bonchev–Trinajstić information content (AvgIpc) is 3.33. The van der Waals surface area contributed by atoms with Crippen LogP contribution in [-0.4, -0.2) is 48.6 Å². The van der Waals surface area contributed by atoms with Crippen LogP contribution >= 0.6 is 0 Å². The van der Waals surface area contributed by atoms with Gasteiger partial charge in [0.25, 0.3) is 0 Å². The van der Waals surface area contributed by atoms with Crippen LogP contribution < -0.4 is 14.2 Å². The minimum atomic E-state index is -0.985. The van der Waals surface area contributed by atoms with Crippen molar-refractivity contribution in [2.75, 3.05) is 21.3 Å². The number of carboxylic acids is 2. The number of phenols is 1. The van der Waals surface area contributed by atoms with E-state index < -0.39 is 11.9 Å². The van der Waals surface area contributed by atoms with Crippen molar-refractivity contribution in [3.05, 3.63) is 107 Å². The molecule has 0 saturated carbocycles. The third kappa shape index (κ3) is 7.52. The van der Waals surface area contributed by atoms with E-state index in [-0.39, 0.29) is 17.7 Å². The standard InChI is InChI=1S/C13H10.2C9H10O4/c1-3-7-12-10(5-1)9-11-6-2-4-8-13(11)12;1-12-7-4-3-6(9(10)11)5-8(7)13-2;1-13-8-4-6(5-9(11)12)2-3-7(8)10/h1-8H,9H2;3-5H,1-2H3,(H,10,11);2-4,10H,5H2,1H3,(H,11,12). The predicted molar refractivity (Wildman–Crippen MR) is 147 cm³/mol. The van der Waals surface area contributed by atoms with Gasteiger partial charge in [-0.3, -0.25) is 4.79 Å². The van der Waals surface area contributed by atoms with Crippen LogP contribution in [0.5, 0.6) is 23.0 Å². The number of hydrogen-bond acceptors (Lipinski definition) is 6. The Kier molecular flexibility index (Phi) is 9.92. The lowest BCUT2D eigenvalue weighted by Crippen LogP contribution is -2.00. The van der Waals surface area contributed by atoms with Crippen molar-refractivity contribution in [1.29, 1.82) is 0 Å². The molecule has 0 bridgehead atoms. The van der Waals surface area contributed by atoms with Gasteiger partial charge < -0.3 is 29.5 Å². The minimum Gasteiger partial charge on any atom is -0.504 e. The second-order valence-corrected chi connectivity index (χ2v) is 8.44. The van der Waals surface area contributed by atoms with E-state index in [0.29, 0.717) is 22.8 Å². The Morgan fingerprint density at radius 3 is 1.77 bits per heavy atom. The molecule has 4 aromatic carbocycles. The molecule has 0 aliphatic heterocycles. The Morgan fingerprint density at radius 1 is 0.692 bits per heavy atom. The summed E-state index contributed by atoms with van der Waals surface area (Å²) in [5.74, 6) is -0.654. The third-order valence-electron chi connectivity index (χ3n) is 5.94. The molecule has 1 aliphatic carbocycles. The summed E-state index contributed by atoms with van der Waals surface area (Å²) in [6.45, 7) is 0. The van der Waals surface area contributed by atoms with Crippen molar-refractivity contribution in [2.45, 2.75) is 12.8 Å². The Balaban J connectivity index is 0.000000162. The number of benzene rings is 4. The molecule has 0 atom stereocenters. The summed E-state index contributed by atoms with van der Waals surface area (Å²) < 4.78 is 14.7. The van der Waals surface area contributed by atoms with Crippen molar-refractivity contribution < 1.29 is 39.1 Å². The maximum Gasteiger partial charge on any atom is 0.335 e. The van der Waals surface area contributed by atoms with Crippen molar-refractivity contribution in [3.63, 3.8) is 0 Å². The number of methoxy groups -OCH3 is 3. The van der Waals surface area contributed by atoms with Crippen LogP contribution in [0.3, 0.4) is 0 Å². The highest BCUT2D eigenvalue weighted by molar-refractivity contribution is 5.88. The number of carbonyl (C=O) groups is 2. The van der Waals surface area contributed by atoms with Crippen LogP contribution in [-0.2, 0) is 17.6 Å². The number of fused-ring (bicyclic) bond motifs is 3. The van der Waals surface area contributed by atoms with Crippen LogP contribution in [0.1, 0.15) is 27.0 Å². The summed E-state index contributed by atoms with van der Waals surface area (Å²) in [5, 5.41) is 26.4. The molecule has 0 spiro atoms. The van der Waals surface area contributed by atoms with Gasteiger partial charge >= 0.3 is 11.9 Å². The van der Waals surface area contributed by atoms with Crippen LogP contribution in [0.15, 0.2) is 84.9 Å². The zero-order chi connectivity index (χ0) is 28.4. The first-order valence-corrected chi connectivity index (χ1v) is 12.0. The average molecular weight is 531 g/mol. The van der Waals surface area contributed by atoms with E-state index in [1.165, 1.54) is 67.8 Å². The summed E-state index contributed by atoms with van der Waals surface area (Å²) in [6, 6.07) is 26.2. The first-order chi connectivity index (χ1) is 18.8. The number of hydrogen-bond donors (Lipinski definition) is 3. The molecule has 1 aliphatic rings. The maximum absolute atomic E-state index is 10.6. The quantitative estimate of drug-likeness (QED) is 0.256. The van der Waals surface area contributed by atoms with Gasteiger partial charge in [-0.15, -0.1) is 0 Å². The van der Waals surface area contributed by atoms with E-state index in [1.54, 1.807) is 12.1 Å². The maximum atomic E-state index is 10.6. The second-order valence-electron chi connectivity index (χ2n) is 8.44. The molecule has 0 aromatic heterocycles. The summed E-state index contributed by atoms with van der Waals surface area (Å²) in [4.78, 5) is 20.9. The molecule has 0 amide bonds. The summed E-state index contributed by atoms with van der Waals surface area (Å²) in [5.41, 5.74) is 6.53. The molecule has 5 rings (SSSR count). The minimum absolute atomic E-state index is 0.0108. The van der Waals surface area contributed by atoms with Crippen molar-refractivity contribution in [2.24, 2.45) is 0 Å². The predicted octanol–water partition coefficient (Wildman–Crippen LogP) is 5.69. The lowest BCUT2D eigenvalue weighted by atomic mass is 10.1. The lowest BCUT2D eigenvalue weighted by molar-refractivity contribution is -0.136. The molecule has 39 heavy (non-hydrogen) atoms. The molecule has 8 nitrogen and oxygen atoms in total. The largest absolute Gasteiger partial charge is 0.504 e. The molecular formula is C31H30O8. The van der Waals surface area contributed by atoms with Gasteiger partial charge in [-0.25, -0.2) is 4.79 Å². The van der Waals surface area contributed by atoms with Gasteiger partial charge in [0, 0.05) is 0 Å². The molecule has 0 saturated heterocycles. The fourth-order valence-electron chi connectivity index (χ4n) is 4.06. The van der Waals surface area contributed by atoms with E-state index in [0.717, 1.165) is 6.42 Å². The molecule has 4 aromatic rings. The molecule has 0 unspecified atom stereocenters. The zero-order valence-corrected chi connectivity index (χ0v) is 21.9. The fourth-order valence-corrected chi connectivity index (χ4v) is 4.06. The highest BCUT2D eigenvalue weighted by atomic mass is 16.5. The summed E-state index contributed by atoms with van der Waals surface area (Å²) >= 11 is 0. The van der Waals surface area contributed by atoms with E-state index in [1.807, 2.05) is 0 Å². The van der Waals surface area contributed by atoms with Gasteiger partial charge in [0.2, 0.25) is 0 Å². The van der Waals surface area contributed by atoms with Crippen LogP contribution in [0.4, 0.5) is 0 Å². The first-order valence-electron chi connectivity index (χ1n) is 12.0. The normalized spacial score (nSPS) is 10.4. The number of rotatable bonds is 6. The van der Waals surface area contributed by atoms with Crippen LogP contribution in [0.2, 0.25) is 0 Å². The Labute approximate surface area is 226 Å². The highest BCUT2D eigenvalue weighted by Gasteiger charge is 2.16. The van der Waals surface area contributed by atoms with Gasteiger partial charge in [-0.1, -0.05) is 54.6 Å². The Morgan fingerprint density at radius 2 is 1.26 bits per heavy atom. The molecule has 0 fully saturated rings. The van der Waals surface area contributed by atoms with Gasteiger partial charge in [-0.2, -0.15) is 0 Å². The van der Waals surface area contributed by atoms with E-state index in [9.17, 15) is 14.7 Å². The monoisotopic (exact) mass is 530 g/mol. The summed E-state index contributed by atoms with van der Waals surface area (Å²) in [6.07, 6.45) is 1.03. The molecule has 202 valence electrons. The van der Waals surface area contributed by atoms with E-state index in [4.69, 9.17) is 24.4 Å². The SMILES string of the molecule is COc1cc(CC(=O)O)ccc1O.COc1ccc(C(=O)O)cc1OC.c1ccc2c(c1)Cc1ccccc1-2. The Bertz CT molecular complexity index is 1400. The number of ether oxygens (including phenoxy) is 3. The molecule has 8 heteroatoms. The molecule has 0 radical (unpaired) electrons. The van der Waals surface area contributed by atoms with E-state index >= 15 is 0 Å². The number of aromatic hydroxyl groups is 1. The van der Waals surface area contributed by atoms with Crippen molar-refractivity contribution >= 4 is 11.9 Å². The lowest BCUT2D eigenvalue weighted by Gasteiger charge is -2.07. The second kappa shape index (κ2) is 13.5. The van der Waals surface area contributed by atoms with Crippen molar-refractivity contribution in [3.8, 4) is 34.1 Å². The Hall–Kier alpha value is -4.98. The fraction of sp³-hybridized carbons (Fsp3) is 0.161. The number of phenolic OH excluding ortho intramolecular Hbond substituents is 1. The van der Waals surface area contributed by atoms with Gasteiger partial charge in [0.05, 0.1) is 33.3 Å². The zero-order valence-electron chi connectivity index (χ0n) is 21.9. The topological polar surface area (TPSA) is 123 Å². The third-order valence-corrected chi connectivity index (χ3v) is 5.94. The van der Waals surface area contributed by atoms with Gasteiger partial charge in [-0.05, 0) is 64.6 Å². The molecule has 3 N–H and O–H groups in total. The van der Waals surface area contributed by atoms with Gasteiger partial charge in [0.1, 0.15) is 0 Å². The van der Waals surface area contributed by atoms with Crippen LogP contribution in [0.25, 0.3) is 11.1 Å².